The van der Waals surface area contributed by atoms with Crippen molar-refractivity contribution in [2.75, 3.05) is 6.54 Å². The van der Waals surface area contributed by atoms with Gasteiger partial charge >= 0.3 is 0 Å². The first-order valence-corrected chi connectivity index (χ1v) is 4.60. The molecule has 0 aliphatic heterocycles. The van der Waals surface area contributed by atoms with Crippen molar-refractivity contribution < 1.29 is 0 Å². The monoisotopic (exact) mass is 155 g/mol. The normalized spacial score (nSPS) is 15.9. The highest BCUT2D eigenvalue weighted by Gasteiger charge is 2.11. The molecule has 0 saturated heterocycles. The zero-order valence-electron chi connectivity index (χ0n) is 8.06. The lowest BCUT2D eigenvalue weighted by Gasteiger charge is -2.22. The van der Waals surface area contributed by atoms with Gasteiger partial charge in [0.15, 0.2) is 0 Å². The van der Waals surface area contributed by atoms with Crippen LogP contribution in [0.3, 0.4) is 0 Å². The summed E-state index contributed by atoms with van der Waals surface area (Å²) < 4.78 is 0. The van der Waals surface area contributed by atoms with E-state index in [1.165, 1.54) is 6.42 Å². The first-order chi connectivity index (χ1) is 5.26. The van der Waals surface area contributed by atoms with Gasteiger partial charge in [0.05, 0.1) is 0 Å². The van der Waals surface area contributed by atoms with Crippen LogP contribution in [0, 0.1) is 5.92 Å². The standard InChI is InChI=1S/C10H21N/c1-5-8-10(11-7-3)9(4)6-2/h5,9-11H,1,6-8H2,2-4H3. The minimum Gasteiger partial charge on any atom is -0.314 e. The van der Waals surface area contributed by atoms with Gasteiger partial charge in [-0.1, -0.05) is 33.3 Å². The third kappa shape index (κ3) is 4.20. The Morgan fingerprint density at radius 1 is 1.45 bits per heavy atom. The molecule has 0 heterocycles. The zero-order valence-corrected chi connectivity index (χ0v) is 8.06. The largest absolute Gasteiger partial charge is 0.314 e. The van der Waals surface area contributed by atoms with Gasteiger partial charge in [-0.3, -0.25) is 0 Å². The van der Waals surface area contributed by atoms with Crippen molar-refractivity contribution in [3.8, 4) is 0 Å². The van der Waals surface area contributed by atoms with Crippen molar-refractivity contribution >= 4 is 0 Å². The second-order valence-corrected chi connectivity index (χ2v) is 3.07. The third-order valence-corrected chi connectivity index (χ3v) is 2.22. The van der Waals surface area contributed by atoms with E-state index in [9.17, 15) is 0 Å². The lowest BCUT2D eigenvalue weighted by atomic mass is 9.96. The second-order valence-electron chi connectivity index (χ2n) is 3.07. The number of nitrogens with one attached hydrogen (secondary N) is 1. The molecule has 1 heteroatoms. The Kier molecular flexibility index (Phi) is 6.24. The number of rotatable bonds is 6. The van der Waals surface area contributed by atoms with Crippen LogP contribution in [0.25, 0.3) is 0 Å². The summed E-state index contributed by atoms with van der Waals surface area (Å²) in [5.41, 5.74) is 0. The Balaban J connectivity index is 3.75. The molecular formula is C10H21N. The summed E-state index contributed by atoms with van der Waals surface area (Å²) in [7, 11) is 0. The van der Waals surface area contributed by atoms with Gasteiger partial charge in [0.1, 0.15) is 0 Å². The minimum absolute atomic E-state index is 0.627. The van der Waals surface area contributed by atoms with Gasteiger partial charge in [-0.25, -0.2) is 0 Å². The Bertz CT molecular complexity index is 99.0. The van der Waals surface area contributed by atoms with Crippen LogP contribution in [0.2, 0.25) is 0 Å². The Morgan fingerprint density at radius 2 is 2.09 bits per heavy atom. The molecule has 0 radical (unpaired) electrons. The molecule has 0 spiro atoms. The molecule has 0 aliphatic rings. The van der Waals surface area contributed by atoms with Crippen LogP contribution in [-0.2, 0) is 0 Å². The van der Waals surface area contributed by atoms with Crippen LogP contribution in [0.5, 0.6) is 0 Å². The molecule has 0 fully saturated rings. The highest BCUT2D eigenvalue weighted by molar-refractivity contribution is 4.80. The average molecular weight is 155 g/mol. The summed E-state index contributed by atoms with van der Waals surface area (Å²) in [6, 6.07) is 0.627. The SMILES string of the molecule is C=CCC(NCC)C(C)CC. The highest BCUT2D eigenvalue weighted by Crippen LogP contribution is 2.10. The van der Waals surface area contributed by atoms with Gasteiger partial charge in [-0.05, 0) is 18.9 Å². The molecule has 1 nitrogen and oxygen atoms in total. The second kappa shape index (κ2) is 6.41. The molecule has 11 heavy (non-hydrogen) atoms. The van der Waals surface area contributed by atoms with Gasteiger partial charge in [0.25, 0.3) is 0 Å². The first-order valence-electron chi connectivity index (χ1n) is 4.60. The Labute approximate surface area is 70.9 Å². The lowest BCUT2D eigenvalue weighted by molar-refractivity contribution is 0.376. The van der Waals surface area contributed by atoms with Gasteiger partial charge < -0.3 is 5.32 Å². The summed E-state index contributed by atoms with van der Waals surface area (Å²) in [6.07, 6.45) is 4.33. The maximum atomic E-state index is 3.76. The van der Waals surface area contributed by atoms with Crippen molar-refractivity contribution in [2.45, 2.75) is 39.7 Å². The van der Waals surface area contributed by atoms with E-state index in [1.54, 1.807) is 0 Å². The van der Waals surface area contributed by atoms with Crippen LogP contribution in [0.15, 0.2) is 12.7 Å². The summed E-state index contributed by atoms with van der Waals surface area (Å²) in [5.74, 6) is 0.757. The van der Waals surface area contributed by atoms with Gasteiger partial charge in [0, 0.05) is 6.04 Å². The maximum absolute atomic E-state index is 3.76. The minimum atomic E-state index is 0.627. The predicted molar refractivity (Wildman–Crippen MR) is 51.7 cm³/mol. The zero-order chi connectivity index (χ0) is 8.69. The fraction of sp³-hybridized carbons (Fsp3) is 0.800. The van der Waals surface area contributed by atoms with Crippen LogP contribution >= 0.6 is 0 Å². The van der Waals surface area contributed by atoms with Crippen molar-refractivity contribution in [3.05, 3.63) is 12.7 Å². The molecule has 0 aromatic carbocycles. The lowest BCUT2D eigenvalue weighted by Crippen LogP contribution is -2.34. The molecule has 2 atom stereocenters. The molecule has 0 aliphatic carbocycles. The molecule has 0 aromatic rings. The van der Waals surface area contributed by atoms with E-state index in [2.05, 4.69) is 32.7 Å². The van der Waals surface area contributed by atoms with E-state index in [4.69, 9.17) is 0 Å². The molecule has 2 unspecified atom stereocenters. The number of hydrogen-bond donors (Lipinski definition) is 1. The summed E-state index contributed by atoms with van der Waals surface area (Å²) in [4.78, 5) is 0. The molecule has 0 rings (SSSR count). The fourth-order valence-electron chi connectivity index (χ4n) is 1.24. The molecule has 0 bridgehead atoms. The molecule has 0 saturated carbocycles. The van der Waals surface area contributed by atoms with Crippen LogP contribution in [-0.4, -0.2) is 12.6 Å². The molecule has 0 amide bonds. The predicted octanol–water partition coefficient (Wildman–Crippen LogP) is 2.59. The first kappa shape index (κ1) is 10.7. The van der Waals surface area contributed by atoms with E-state index < -0.39 is 0 Å². The van der Waals surface area contributed by atoms with Crippen molar-refractivity contribution in [3.63, 3.8) is 0 Å². The molecule has 1 N–H and O–H groups in total. The maximum Gasteiger partial charge on any atom is 0.0127 e. The Morgan fingerprint density at radius 3 is 2.45 bits per heavy atom. The Hall–Kier alpha value is -0.300. The highest BCUT2D eigenvalue weighted by atomic mass is 14.9. The van der Waals surface area contributed by atoms with Crippen molar-refractivity contribution in [1.82, 2.24) is 5.32 Å². The smallest absolute Gasteiger partial charge is 0.0127 e. The van der Waals surface area contributed by atoms with Gasteiger partial charge in [-0.15, -0.1) is 6.58 Å². The topological polar surface area (TPSA) is 12.0 Å². The molecule has 0 aromatic heterocycles. The van der Waals surface area contributed by atoms with Crippen LogP contribution in [0.4, 0.5) is 0 Å². The van der Waals surface area contributed by atoms with E-state index in [0.29, 0.717) is 6.04 Å². The van der Waals surface area contributed by atoms with Crippen LogP contribution < -0.4 is 5.32 Å². The average Bonchev–Trinajstić information content (AvgIpc) is 2.03. The fourth-order valence-corrected chi connectivity index (χ4v) is 1.24. The molecule has 66 valence electrons. The quantitative estimate of drug-likeness (QED) is 0.581. The summed E-state index contributed by atoms with van der Waals surface area (Å²) >= 11 is 0. The summed E-state index contributed by atoms with van der Waals surface area (Å²) in [6.45, 7) is 11.5. The van der Waals surface area contributed by atoms with Crippen molar-refractivity contribution in [1.29, 1.82) is 0 Å². The van der Waals surface area contributed by atoms with Crippen LogP contribution in [0.1, 0.15) is 33.6 Å². The summed E-state index contributed by atoms with van der Waals surface area (Å²) in [5, 5.41) is 3.46. The van der Waals surface area contributed by atoms with E-state index in [1.807, 2.05) is 6.08 Å². The van der Waals surface area contributed by atoms with Crippen molar-refractivity contribution in [2.24, 2.45) is 5.92 Å². The molecular weight excluding hydrogens is 134 g/mol. The van der Waals surface area contributed by atoms with E-state index in [-0.39, 0.29) is 0 Å². The van der Waals surface area contributed by atoms with E-state index in [0.717, 1.165) is 18.9 Å². The number of hydrogen-bond acceptors (Lipinski definition) is 1. The van der Waals surface area contributed by atoms with E-state index >= 15 is 0 Å². The van der Waals surface area contributed by atoms with Gasteiger partial charge in [0.2, 0.25) is 0 Å². The van der Waals surface area contributed by atoms with Gasteiger partial charge in [-0.2, -0.15) is 0 Å². The third-order valence-electron chi connectivity index (χ3n) is 2.22.